The molecule has 1 saturated heterocycles. The molecule has 2 amide bonds. The fourth-order valence-electron chi connectivity index (χ4n) is 4.51. The Bertz CT molecular complexity index is 1350. The number of hydrogen-bond donors (Lipinski definition) is 1. The zero-order valence-corrected chi connectivity index (χ0v) is 19.5. The van der Waals surface area contributed by atoms with Crippen LogP contribution in [0.1, 0.15) is 30.3 Å². The number of nitrogens with zero attached hydrogens (tertiary/aromatic N) is 2. The molecule has 34 heavy (non-hydrogen) atoms. The van der Waals surface area contributed by atoms with E-state index >= 15 is 0 Å². The van der Waals surface area contributed by atoms with Crippen molar-refractivity contribution in [3.05, 3.63) is 72.1 Å². The number of carbonyl (C=O) groups is 1. The van der Waals surface area contributed by atoms with E-state index in [1.807, 2.05) is 24.3 Å². The predicted octanol–water partition coefficient (Wildman–Crippen LogP) is 6.19. The number of amides is 2. The van der Waals surface area contributed by atoms with Crippen molar-refractivity contribution in [2.45, 2.75) is 25.8 Å². The molecule has 1 aliphatic rings. The maximum atomic E-state index is 13.2. The molecule has 7 heteroatoms. The molecule has 3 aromatic carbocycles. The zero-order valence-electron chi connectivity index (χ0n) is 19.5. The van der Waals surface area contributed by atoms with E-state index in [0.717, 1.165) is 29.5 Å². The van der Waals surface area contributed by atoms with Gasteiger partial charge in [0, 0.05) is 12.6 Å². The lowest BCUT2D eigenvalue weighted by atomic mass is 10.0. The van der Waals surface area contributed by atoms with Gasteiger partial charge in [0.1, 0.15) is 23.1 Å². The van der Waals surface area contributed by atoms with Gasteiger partial charge >= 0.3 is 6.03 Å². The number of aromatic nitrogens is 1. The number of rotatable bonds is 5. The number of hydrogen-bond acceptors (Lipinski definition) is 5. The molecule has 0 bridgehead atoms. The van der Waals surface area contributed by atoms with E-state index in [2.05, 4.69) is 30.4 Å². The summed E-state index contributed by atoms with van der Waals surface area (Å²) in [6.07, 6.45) is 1.68. The van der Waals surface area contributed by atoms with Crippen molar-refractivity contribution in [3.8, 4) is 22.6 Å². The minimum atomic E-state index is -0.224. The van der Waals surface area contributed by atoms with E-state index < -0.39 is 0 Å². The number of fused-ring (bicyclic) bond motifs is 1. The summed E-state index contributed by atoms with van der Waals surface area (Å²) in [5.41, 5.74) is 5.57. The Kier molecular flexibility index (Phi) is 5.84. The van der Waals surface area contributed by atoms with Crippen molar-refractivity contribution in [3.63, 3.8) is 0 Å². The van der Waals surface area contributed by atoms with Gasteiger partial charge in [-0.3, -0.25) is 0 Å². The summed E-state index contributed by atoms with van der Waals surface area (Å²) in [5.74, 6) is 1.76. The van der Waals surface area contributed by atoms with Crippen molar-refractivity contribution >= 4 is 22.8 Å². The van der Waals surface area contributed by atoms with Crippen LogP contribution in [0.15, 0.2) is 65.1 Å². The molecule has 1 unspecified atom stereocenters. The Hall–Kier alpha value is -4.00. The van der Waals surface area contributed by atoms with Crippen molar-refractivity contribution in [1.82, 2.24) is 9.88 Å². The first kappa shape index (κ1) is 21.8. The number of nitrogens with one attached hydrogen (secondary N) is 1. The van der Waals surface area contributed by atoms with Crippen LogP contribution in [0.25, 0.3) is 22.2 Å². The standard InChI is InChI=1S/C27H27N3O4/c1-17-7-4-5-8-20(17)18-10-13-24-22(15-18)28-26(34-24)23-9-6-14-30(23)27(31)29-21-12-11-19(32-2)16-25(21)33-3/h4-5,7-8,10-13,15-16,23H,6,9,14H2,1-3H3,(H,29,31). The molecule has 174 valence electrons. The van der Waals surface area contributed by atoms with Crippen LogP contribution in [0.2, 0.25) is 0 Å². The van der Waals surface area contributed by atoms with E-state index in [1.54, 1.807) is 37.3 Å². The molecule has 0 radical (unpaired) electrons. The van der Waals surface area contributed by atoms with Gasteiger partial charge in [0.15, 0.2) is 5.58 Å². The number of urea groups is 1. The summed E-state index contributed by atoms with van der Waals surface area (Å²) in [5, 5.41) is 2.96. The van der Waals surface area contributed by atoms with Gasteiger partial charge in [-0.2, -0.15) is 0 Å². The fourth-order valence-corrected chi connectivity index (χ4v) is 4.51. The Morgan fingerprint density at radius 3 is 2.74 bits per heavy atom. The van der Waals surface area contributed by atoms with Crippen LogP contribution in [-0.4, -0.2) is 36.7 Å². The van der Waals surface area contributed by atoms with E-state index in [4.69, 9.17) is 18.9 Å². The van der Waals surface area contributed by atoms with Gasteiger partial charge in [0.2, 0.25) is 5.89 Å². The Balaban J connectivity index is 1.39. The second-order valence-corrected chi connectivity index (χ2v) is 8.40. The molecule has 0 saturated carbocycles. The van der Waals surface area contributed by atoms with Gasteiger partial charge in [-0.05, 0) is 60.7 Å². The summed E-state index contributed by atoms with van der Waals surface area (Å²) in [7, 11) is 3.15. The first-order valence-corrected chi connectivity index (χ1v) is 11.3. The van der Waals surface area contributed by atoms with Crippen molar-refractivity contribution in [2.24, 2.45) is 0 Å². The van der Waals surface area contributed by atoms with E-state index in [-0.39, 0.29) is 12.1 Å². The van der Waals surface area contributed by atoms with Gasteiger partial charge in [0.25, 0.3) is 0 Å². The lowest BCUT2D eigenvalue weighted by molar-refractivity contribution is 0.198. The lowest BCUT2D eigenvalue weighted by Crippen LogP contribution is -2.34. The molecule has 0 aliphatic carbocycles. The largest absolute Gasteiger partial charge is 0.497 e. The average molecular weight is 458 g/mol. The first-order chi connectivity index (χ1) is 16.6. The molecule has 2 heterocycles. The summed E-state index contributed by atoms with van der Waals surface area (Å²) >= 11 is 0. The highest BCUT2D eigenvalue weighted by atomic mass is 16.5. The Morgan fingerprint density at radius 1 is 1.09 bits per heavy atom. The molecule has 1 atom stereocenters. The average Bonchev–Trinajstić information content (AvgIpc) is 3.51. The SMILES string of the molecule is COc1ccc(NC(=O)N2CCCC2c2nc3cc(-c4ccccc4C)ccc3o2)c(OC)c1. The van der Waals surface area contributed by atoms with Gasteiger partial charge in [-0.1, -0.05) is 30.3 Å². The number of methoxy groups -OCH3 is 2. The van der Waals surface area contributed by atoms with Crippen LogP contribution in [0, 0.1) is 6.92 Å². The van der Waals surface area contributed by atoms with Crippen molar-refractivity contribution < 1.29 is 18.7 Å². The summed E-state index contributed by atoms with van der Waals surface area (Å²) < 4.78 is 16.8. The van der Waals surface area contributed by atoms with Gasteiger partial charge in [0.05, 0.1) is 19.9 Å². The van der Waals surface area contributed by atoms with Crippen LogP contribution in [0.5, 0.6) is 11.5 Å². The number of ether oxygens (including phenoxy) is 2. The molecule has 7 nitrogen and oxygen atoms in total. The molecule has 1 fully saturated rings. The van der Waals surface area contributed by atoms with Crippen LogP contribution in [0.4, 0.5) is 10.5 Å². The number of benzene rings is 3. The van der Waals surface area contributed by atoms with E-state index in [0.29, 0.717) is 29.6 Å². The summed E-state index contributed by atoms with van der Waals surface area (Å²) in [6.45, 7) is 2.72. The van der Waals surface area contributed by atoms with Crippen molar-refractivity contribution in [2.75, 3.05) is 26.1 Å². The topological polar surface area (TPSA) is 76.8 Å². The second kappa shape index (κ2) is 9.09. The number of likely N-dealkylation sites (tertiary alicyclic amines) is 1. The molecule has 1 N–H and O–H groups in total. The molecule has 1 aromatic heterocycles. The van der Waals surface area contributed by atoms with Crippen LogP contribution >= 0.6 is 0 Å². The normalized spacial score (nSPS) is 15.5. The second-order valence-electron chi connectivity index (χ2n) is 8.40. The van der Waals surface area contributed by atoms with E-state index in [9.17, 15) is 4.79 Å². The van der Waals surface area contributed by atoms with Gasteiger partial charge in [-0.15, -0.1) is 0 Å². The molecule has 1 aliphatic heterocycles. The number of carbonyl (C=O) groups excluding carboxylic acids is 1. The highest BCUT2D eigenvalue weighted by Gasteiger charge is 2.34. The third-order valence-corrected chi connectivity index (χ3v) is 6.31. The third-order valence-electron chi connectivity index (χ3n) is 6.31. The number of anilines is 1. The smallest absolute Gasteiger partial charge is 0.322 e. The maximum absolute atomic E-state index is 13.2. The molecular weight excluding hydrogens is 430 g/mol. The van der Waals surface area contributed by atoms with Crippen LogP contribution in [-0.2, 0) is 0 Å². The minimum absolute atomic E-state index is 0.214. The Labute approximate surface area is 198 Å². The maximum Gasteiger partial charge on any atom is 0.322 e. The lowest BCUT2D eigenvalue weighted by Gasteiger charge is -2.23. The molecule has 4 aromatic rings. The van der Waals surface area contributed by atoms with Gasteiger partial charge < -0.3 is 24.1 Å². The van der Waals surface area contributed by atoms with Gasteiger partial charge in [-0.25, -0.2) is 9.78 Å². The predicted molar refractivity (Wildman–Crippen MR) is 131 cm³/mol. The molecular formula is C27H27N3O4. The van der Waals surface area contributed by atoms with Crippen molar-refractivity contribution in [1.29, 1.82) is 0 Å². The minimum Gasteiger partial charge on any atom is -0.497 e. The number of oxazole rings is 1. The zero-order chi connectivity index (χ0) is 23.7. The quantitative estimate of drug-likeness (QED) is 0.387. The van der Waals surface area contributed by atoms with Crippen LogP contribution < -0.4 is 14.8 Å². The van der Waals surface area contributed by atoms with E-state index in [1.165, 1.54) is 11.1 Å². The Morgan fingerprint density at radius 2 is 1.94 bits per heavy atom. The number of aryl methyl sites for hydroxylation is 1. The first-order valence-electron chi connectivity index (χ1n) is 11.3. The van der Waals surface area contributed by atoms with Crippen LogP contribution in [0.3, 0.4) is 0 Å². The fraction of sp³-hybridized carbons (Fsp3) is 0.259. The third kappa shape index (κ3) is 4.05. The summed E-state index contributed by atoms with van der Waals surface area (Å²) in [6, 6.07) is 19.2. The monoisotopic (exact) mass is 457 g/mol. The molecule has 0 spiro atoms. The highest BCUT2D eigenvalue weighted by Crippen LogP contribution is 2.36. The molecule has 5 rings (SSSR count). The summed E-state index contributed by atoms with van der Waals surface area (Å²) in [4.78, 5) is 19.7. The highest BCUT2D eigenvalue weighted by molar-refractivity contribution is 5.91.